The molecule has 0 fully saturated rings. The van der Waals surface area contributed by atoms with E-state index >= 15 is 0 Å². The highest BCUT2D eigenvalue weighted by Gasteiger charge is 2.03. The summed E-state index contributed by atoms with van der Waals surface area (Å²) in [6.07, 6.45) is 10.5. The van der Waals surface area contributed by atoms with Crippen molar-refractivity contribution in [3.05, 3.63) is 34.9 Å². The largest absolute Gasteiger partial charge is 0.0654 e. The maximum atomic E-state index is 2.41. The van der Waals surface area contributed by atoms with Crippen molar-refractivity contribution in [1.29, 1.82) is 0 Å². The molecule has 0 aliphatic carbocycles. The molecule has 0 heteroatoms. The summed E-state index contributed by atoms with van der Waals surface area (Å²) >= 11 is 0. The molecule has 0 radical (unpaired) electrons. The second-order valence-corrected chi connectivity index (χ2v) is 6.00. The van der Waals surface area contributed by atoms with Crippen molar-refractivity contribution in [2.45, 2.75) is 79.1 Å². The number of aryl methyl sites for hydroxylation is 3. The van der Waals surface area contributed by atoms with Gasteiger partial charge in [0.25, 0.3) is 0 Å². The lowest BCUT2D eigenvalue weighted by molar-refractivity contribution is 0.457. The monoisotopic (exact) mass is 260 g/mol. The molecule has 0 aliphatic heterocycles. The minimum atomic E-state index is 0.903. The molecule has 0 bridgehead atoms. The molecule has 19 heavy (non-hydrogen) atoms. The third-order valence-corrected chi connectivity index (χ3v) is 4.14. The summed E-state index contributed by atoms with van der Waals surface area (Å²) in [7, 11) is 0. The Balaban J connectivity index is 2.44. The first-order valence-corrected chi connectivity index (χ1v) is 8.31. The summed E-state index contributed by atoms with van der Waals surface area (Å²) in [5.41, 5.74) is 4.57. The van der Waals surface area contributed by atoms with Crippen LogP contribution in [0.25, 0.3) is 0 Å². The lowest BCUT2D eigenvalue weighted by Gasteiger charge is -2.11. The molecule has 0 saturated carbocycles. The van der Waals surface area contributed by atoms with Crippen molar-refractivity contribution in [3.8, 4) is 0 Å². The normalized spacial score (nSPS) is 12.6. The highest BCUT2D eigenvalue weighted by molar-refractivity contribution is 5.30. The minimum absolute atomic E-state index is 0.903. The van der Waals surface area contributed by atoms with Crippen LogP contribution in [0, 0.1) is 5.92 Å². The molecule has 1 aromatic rings. The Bertz CT molecular complexity index is 329. The van der Waals surface area contributed by atoms with Crippen molar-refractivity contribution in [1.82, 2.24) is 0 Å². The number of hydrogen-bond donors (Lipinski definition) is 0. The molecule has 0 aromatic heterocycles. The van der Waals surface area contributed by atoms with Gasteiger partial charge in [-0.3, -0.25) is 0 Å². The fourth-order valence-electron chi connectivity index (χ4n) is 2.74. The number of unbranched alkanes of at least 4 members (excludes halogenated alkanes) is 1. The summed E-state index contributed by atoms with van der Waals surface area (Å²) in [6, 6.07) is 7.19. The lowest BCUT2D eigenvalue weighted by atomic mass is 9.94. The molecular weight excluding hydrogens is 228 g/mol. The zero-order valence-corrected chi connectivity index (χ0v) is 13.5. The molecule has 0 saturated heterocycles. The van der Waals surface area contributed by atoms with Gasteiger partial charge in [-0.25, -0.2) is 0 Å². The van der Waals surface area contributed by atoms with E-state index in [1.165, 1.54) is 49.7 Å². The van der Waals surface area contributed by atoms with E-state index in [9.17, 15) is 0 Å². The van der Waals surface area contributed by atoms with Crippen LogP contribution in [-0.4, -0.2) is 0 Å². The van der Waals surface area contributed by atoms with Gasteiger partial charge >= 0.3 is 0 Å². The van der Waals surface area contributed by atoms with Crippen molar-refractivity contribution in [2.75, 3.05) is 0 Å². The Morgan fingerprint density at radius 1 is 0.789 bits per heavy atom. The van der Waals surface area contributed by atoms with E-state index in [0.29, 0.717) is 0 Å². The second-order valence-electron chi connectivity index (χ2n) is 6.00. The maximum absolute atomic E-state index is 2.41. The van der Waals surface area contributed by atoms with Gasteiger partial charge in [-0.2, -0.15) is 0 Å². The molecule has 0 N–H and O–H groups in total. The molecule has 1 aromatic carbocycles. The first-order valence-electron chi connectivity index (χ1n) is 8.31. The molecule has 0 amide bonds. The van der Waals surface area contributed by atoms with E-state index in [-0.39, 0.29) is 0 Å². The second kappa shape index (κ2) is 9.18. The van der Waals surface area contributed by atoms with Crippen molar-refractivity contribution < 1.29 is 0 Å². The fourth-order valence-corrected chi connectivity index (χ4v) is 2.74. The Kier molecular flexibility index (Phi) is 7.86. The van der Waals surface area contributed by atoms with Crippen molar-refractivity contribution >= 4 is 0 Å². The van der Waals surface area contributed by atoms with Crippen molar-refractivity contribution in [3.63, 3.8) is 0 Å². The van der Waals surface area contributed by atoms with Crippen LogP contribution in [0.3, 0.4) is 0 Å². The van der Waals surface area contributed by atoms with E-state index in [4.69, 9.17) is 0 Å². The number of hydrogen-bond acceptors (Lipinski definition) is 0. The summed E-state index contributed by atoms with van der Waals surface area (Å²) in [6.45, 7) is 9.21. The standard InChI is InChI=1S/C19H32/c1-5-8-10-16(4)11-9-12-19-14-17(6-2)13-18(7-3)15-19/h13-16H,5-12H2,1-4H3. The zero-order valence-electron chi connectivity index (χ0n) is 13.5. The average Bonchev–Trinajstić information content (AvgIpc) is 2.44. The molecule has 0 nitrogen and oxygen atoms in total. The lowest BCUT2D eigenvalue weighted by Crippen LogP contribution is -1.97. The molecule has 0 spiro atoms. The summed E-state index contributed by atoms with van der Waals surface area (Å²) < 4.78 is 0. The fraction of sp³-hybridized carbons (Fsp3) is 0.684. The molecule has 1 rings (SSSR count). The van der Waals surface area contributed by atoms with Gasteiger partial charge in [-0.05, 0) is 48.3 Å². The molecule has 1 unspecified atom stereocenters. The summed E-state index contributed by atoms with van der Waals surface area (Å²) in [5, 5.41) is 0. The summed E-state index contributed by atoms with van der Waals surface area (Å²) in [4.78, 5) is 0. The third kappa shape index (κ3) is 6.27. The number of rotatable bonds is 9. The first kappa shape index (κ1) is 16.3. The van der Waals surface area contributed by atoms with Crippen LogP contribution in [0.4, 0.5) is 0 Å². The van der Waals surface area contributed by atoms with Gasteiger partial charge in [-0.15, -0.1) is 0 Å². The van der Waals surface area contributed by atoms with E-state index in [1.807, 2.05) is 0 Å². The van der Waals surface area contributed by atoms with Gasteiger partial charge in [0.2, 0.25) is 0 Å². The SMILES string of the molecule is CCCCC(C)CCCc1cc(CC)cc(CC)c1. The van der Waals surface area contributed by atoms with E-state index in [0.717, 1.165) is 18.8 Å². The Morgan fingerprint density at radius 2 is 1.32 bits per heavy atom. The van der Waals surface area contributed by atoms with Gasteiger partial charge in [0, 0.05) is 0 Å². The molecule has 1 atom stereocenters. The van der Waals surface area contributed by atoms with Gasteiger partial charge < -0.3 is 0 Å². The topological polar surface area (TPSA) is 0 Å². The van der Waals surface area contributed by atoms with E-state index < -0.39 is 0 Å². The highest BCUT2D eigenvalue weighted by atomic mass is 14.1. The van der Waals surface area contributed by atoms with Crippen LogP contribution in [0.15, 0.2) is 18.2 Å². The highest BCUT2D eigenvalue weighted by Crippen LogP contribution is 2.18. The Labute approximate surface area is 120 Å². The third-order valence-electron chi connectivity index (χ3n) is 4.14. The Hall–Kier alpha value is -0.780. The minimum Gasteiger partial charge on any atom is -0.0654 e. The summed E-state index contributed by atoms with van der Waals surface area (Å²) in [5.74, 6) is 0.903. The molecule has 0 aliphatic rings. The van der Waals surface area contributed by atoms with Gasteiger partial charge in [0.05, 0.1) is 0 Å². The van der Waals surface area contributed by atoms with Crippen LogP contribution in [0.5, 0.6) is 0 Å². The van der Waals surface area contributed by atoms with Crippen molar-refractivity contribution in [2.24, 2.45) is 5.92 Å². The van der Waals surface area contributed by atoms with Gasteiger partial charge in [-0.1, -0.05) is 71.6 Å². The zero-order chi connectivity index (χ0) is 14.1. The molecular formula is C19H32. The predicted molar refractivity (Wildman–Crippen MR) is 86.8 cm³/mol. The predicted octanol–water partition coefficient (Wildman–Crippen LogP) is 5.96. The van der Waals surface area contributed by atoms with Crippen LogP contribution in [-0.2, 0) is 19.3 Å². The van der Waals surface area contributed by atoms with Crippen LogP contribution in [0.1, 0.15) is 76.5 Å². The van der Waals surface area contributed by atoms with E-state index in [1.54, 1.807) is 5.56 Å². The quantitative estimate of drug-likeness (QED) is 0.514. The van der Waals surface area contributed by atoms with Crippen LogP contribution < -0.4 is 0 Å². The van der Waals surface area contributed by atoms with Crippen LogP contribution in [0.2, 0.25) is 0 Å². The number of benzene rings is 1. The Morgan fingerprint density at radius 3 is 1.84 bits per heavy atom. The van der Waals surface area contributed by atoms with Gasteiger partial charge in [0.1, 0.15) is 0 Å². The average molecular weight is 260 g/mol. The van der Waals surface area contributed by atoms with E-state index in [2.05, 4.69) is 45.9 Å². The maximum Gasteiger partial charge on any atom is -0.0279 e. The van der Waals surface area contributed by atoms with Gasteiger partial charge in [0.15, 0.2) is 0 Å². The van der Waals surface area contributed by atoms with Crippen LogP contribution >= 0.6 is 0 Å². The molecule has 108 valence electrons. The smallest absolute Gasteiger partial charge is 0.0279 e. The molecule has 0 heterocycles. The first-order chi connectivity index (χ1) is 9.19.